The van der Waals surface area contributed by atoms with Gasteiger partial charge in [-0.15, -0.1) is 0 Å². The molecule has 0 saturated carbocycles. The lowest BCUT2D eigenvalue weighted by Gasteiger charge is -2.18. The molecule has 0 amide bonds. The third-order valence-electron chi connectivity index (χ3n) is 4.94. The molecule has 25 heavy (non-hydrogen) atoms. The van der Waals surface area contributed by atoms with E-state index < -0.39 is 0 Å². The highest BCUT2D eigenvalue weighted by Crippen LogP contribution is 2.31. The summed E-state index contributed by atoms with van der Waals surface area (Å²) in [5, 5.41) is 0. The van der Waals surface area contributed by atoms with Crippen LogP contribution in [0.4, 0.5) is 0 Å². The molecule has 1 fully saturated rings. The molecule has 1 aliphatic rings. The van der Waals surface area contributed by atoms with E-state index in [0.29, 0.717) is 0 Å². The maximum absolute atomic E-state index is 3.66. The molecule has 3 rings (SSSR count). The Morgan fingerprint density at radius 3 is 2.28 bits per heavy atom. The van der Waals surface area contributed by atoms with Crippen LogP contribution in [0.1, 0.15) is 38.2 Å². The Balaban J connectivity index is 1.69. The zero-order chi connectivity index (χ0) is 17.6. The smallest absolute Gasteiger partial charge is 0.0264 e. The molecule has 1 nitrogen and oxygen atoms in total. The molecule has 2 aromatic carbocycles. The van der Waals surface area contributed by atoms with Crippen LogP contribution in [0.5, 0.6) is 0 Å². The third kappa shape index (κ3) is 5.29. The van der Waals surface area contributed by atoms with Gasteiger partial charge in [0.15, 0.2) is 0 Å². The van der Waals surface area contributed by atoms with Crippen molar-refractivity contribution in [1.82, 2.24) is 4.90 Å². The zero-order valence-corrected chi connectivity index (χ0v) is 17.9. The molecule has 0 N–H and O–H groups in total. The molecular formula is C22H25Br2N. The van der Waals surface area contributed by atoms with Crippen molar-refractivity contribution in [1.29, 1.82) is 0 Å². The molecule has 0 unspecified atom stereocenters. The summed E-state index contributed by atoms with van der Waals surface area (Å²) in [5.74, 6) is 0. The molecule has 1 aliphatic heterocycles. The van der Waals surface area contributed by atoms with E-state index in [1.54, 1.807) is 0 Å². The van der Waals surface area contributed by atoms with E-state index in [9.17, 15) is 0 Å². The lowest BCUT2D eigenvalue weighted by molar-refractivity contribution is 0.316. The van der Waals surface area contributed by atoms with Crippen LogP contribution in [0.25, 0.3) is 16.7 Å². The Labute approximate surface area is 168 Å². The van der Waals surface area contributed by atoms with Gasteiger partial charge in [-0.1, -0.05) is 81.1 Å². The zero-order valence-electron chi connectivity index (χ0n) is 14.8. The van der Waals surface area contributed by atoms with E-state index in [1.807, 2.05) is 0 Å². The van der Waals surface area contributed by atoms with Crippen LogP contribution in [-0.4, -0.2) is 24.5 Å². The van der Waals surface area contributed by atoms with Crippen LogP contribution in [0, 0.1) is 0 Å². The number of likely N-dealkylation sites (tertiary alicyclic amines) is 1. The van der Waals surface area contributed by atoms with E-state index in [4.69, 9.17) is 0 Å². The fourth-order valence-corrected chi connectivity index (χ4v) is 4.61. The van der Waals surface area contributed by atoms with E-state index in [2.05, 4.69) is 92.2 Å². The van der Waals surface area contributed by atoms with Crippen molar-refractivity contribution in [2.75, 3.05) is 19.6 Å². The SMILES string of the molecule is CC(=CCN1CCCCCC1)c1ccc(-c2ccc(Br)cc2Br)cc1. The lowest BCUT2D eigenvalue weighted by Crippen LogP contribution is -2.24. The molecule has 0 atom stereocenters. The number of allylic oxidation sites excluding steroid dienone is 1. The van der Waals surface area contributed by atoms with E-state index in [0.717, 1.165) is 15.5 Å². The average molecular weight is 463 g/mol. The van der Waals surface area contributed by atoms with Crippen LogP contribution in [0.15, 0.2) is 57.5 Å². The second-order valence-electron chi connectivity index (χ2n) is 6.80. The third-order valence-corrected chi connectivity index (χ3v) is 6.09. The fourth-order valence-electron chi connectivity index (χ4n) is 3.34. The molecule has 0 aromatic heterocycles. The number of hydrogen-bond acceptors (Lipinski definition) is 1. The first-order chi connectivity index (χ1) is 12.1. The van der Waals surface area contributed by atoms with Gasteiger partial charge in [-0.3, -0.25) is 4.90 Å². The van der Waals surface area contributed by atoms with Crippen LogP contribution < -0.4 is 0 Å². The van der Waals surface area contributed by atoms with Crippen molar-refractivity contribution < 1.29 is 0 Å². The van der Waals surface area contributed by atoms with Gasteiger partial charge in [-0.25, -0.2) is 0 Å². The van der Waals surface area contributed by atoms with Crippen molar-refractivity contribution in [3.63, 3.8) is 0 Å². The van der Waals surface area contributed by atoms with Crippen molar-refractivity contribution in [3.05, 3.63) is 63.0 Å². The Morgan fingerprint density at radius 1 is 0.960 bits per heavy atom. The highest BCUT2D eigenvalue weighted by Gasteiger charge is 2.08. The predicted octanol–water partition coefficient (Wildman–Crippen LogP) is 7.16. The second-order valence-corrected chi connectivity index (χ2v) is 8.57. The highest BCUT2D eigenvalue weighted by molar-refractivity contribution is 9.11. The second kappa shape index (κ2) is 9.16. The van der Waals surface area contributed by atoms with Gasteiger partial charge in [0.25, 0.3) is 0 Å². The first-order valence-electron chi connectivity index (χ1n) is 9.08. The first-order valence-corrected chi connectivity index (χ1v) is 10.7. The maximum atomic E-state index is 3.66. The van der Waals surface area contributed by atoms with Crippen molar-refractivity contribution >= 4 is 37.4 Å². The molecule has 0 bridgehead atoms. The molecular weight excluding hydrogens is 438 g/mol. The number of hydrogen-bond donors (Lipinski definition) is 0. The molecule has 1 heterocycles. The minimum atomic E-state index is 1.08. The van der Waals surface area contributed by atoms with Crippen LogP contribution in [-0.2, 0) is 0 Å². The summed E-state index contributed by atoms with van der Waals surface area (Å²) >= 11 is 7.17. The summed E-state index contributed by atoms with van der Waals surface area (Å²) in [6.07, 6.45) is 7.88. The van der Waals surface area contributed by atoms with Gasteiger partial charge in [-0.05, 0) is 67.3 Å². The number of nitrogens with zero attached hydrogens (tertiary/aromatic N) is 1. The summed E-state index contributed by atoms with van der Waals surface area (Å²) in [6.45, 7) is 5.80. The number of benzene rings is 2. The summed E-state index contributed by atoms with van der Waals surface area (Å²) in [7, 11) is 0. The Bertz CT molecular complexity index is 726. The van der Waals surface area contributed by atoms with Crippen LogP contribution in [0.2, 0.25) is 0 Å². The Kier molecular flexibility index (Phi) is 6.92. The van der Waals surface area contributed by atoms with Gasteiger partial charge in [0.1, 0.15) is 0 Å². The van der Waals surface area contributed by atoms with Gasteiger partial charge in [-0.2, -0.15) is 0 Å². The minimum absolute atomic E-state index is 1.08. The summed E-state index contributed by atoms with van der Waals surface area (Å²) in [4.78, 5) is 2.59. The molecule has 0 radical (unpaired) electrons. The largest absolute Gasteiger partial charge is 0.300 e. The topological polar surface area (TPSA) is 3.24 Å². The predicted molar refractivity (Wildman–Crippen MR) is 116 cm³/mol. The molecule has 3 heteroatoms. The number of rotatable bonds is 4. The molecule has 0 aliphatic carbocycles. The normalized spacial score (nSPS) is 16.7. The van der Waals surface area contributed by atoms with E-state index >= 15 is 0 Å². The van der Waals surface area contributed by atoms with E-state index in [1.165, 1.54) is 61.0 Å². The molecule has 2 aromatic rings. The van der Waals surface area contributed by atoms with Gasteiger partial charge < -0.3 is 0 Å². The summed E-state index contributed by atoms with van der Waals surface area (Å²) in [6, 6.07) is 15.2. The first kappa shape index (κ1) is 18.9. The highest BCUT2D eigenvalue weighted by atomic mass is 79.9. The van der Waals surface area contributed by atoms with Gasteiger partial charge in [0, 0.05) is 15.5 Å². The van der Waals surface area contributed by atoms with Crippen molar-refractivity contribution in [2.45, 2.75) is 32.6 Å². The quantitative estimate of drug-likeness (QED) is 0.465. The summed E-state index contributed by atoms with van der Waals surface area (Å²) in [5.41, 5.74) is 5.14. The Hall–Kier alpha value is -0.900. The standard InChI is InChI=1S/C22H25Br2N/c1-17(12-15-25-13-4-2-3-5-14-25)18-6-8-19(9-7-18)21-11-10-20(23)16-22(21)24/h6-12,16H,2-5,13-15H2,1H3. The minimum Gasteiger partial charge on any atom is -0.300 e. The summed E-state index contributed by atoms with van der Waals surface area (Å²) < 4.78 is 2.20. The van der Waals surface area contributed by atoms with Gasteiger partial charge in [0.2, 0.25) is 0 Å². The van der Waals surface area contributed by atoms with Crippen LogP contribution in [0.3, 0.4) is 0 Å². The Morgan fingerprint density at radius 2 is 1.64 bits per heavy atom. The van der Waals surface area contributed by atoms with Crippen LogP contribution >= 0.6 is 31.9 Å². The molecule has 1 saturated heterocycles. The fraction of sp³-hybridized carbons (Fsp3) is 0.364. The van der Waals surface area contributed by atoms with Crippen molar-refractivity contribution in [3.8, 4) is 11.1 Å². The van der Waals surface area contributed by atoms with Gasteiger partial charge >= 0.3 is 0 Å². The molecule has 132 valence electrons. The monoisotopic (exact) mass is 461 g/mol. The molecule has 0 spiro atoms. The maximum Gasteiger partial charge on any atom is 0.0264 e. The average Bonchev–Trinajstić information content (AvgIpc) is 2.89. The number of halogens is 2. The van der Waals surface area contributed by atoms with Gasteiger partial charge in [0.05, 0.1) is 0 Å². The lowest BCUT2D eigenvalue weighted by atomic mass is 10.0. The van der Waals surface area contributed by atoms with E-state index in [-0.39, 0.29) is 0 Å². The van der Waals surface area contributed by atoms with Crippen molar-refractivity contribution in [2.24, 2.45) is 0 Å².